The number of aromatic nitrogens is 1. The first-order valence-electron chi connectivity index (χ1n) is 5.94. The van der Waals surface area contributed by atoms with E-state index in [0.29, 0.717) is 24.5 Å². The fourth-order valence-corrected chi connectivity index (χ4v) is 2.12. The molecule has 1 aliphatic heterocycles. The van der Waals surface area contributed by atoms with Crippen molar-refractivity contribution in [3.63, 3.8) is 0 Å². The van der Waals surface area contributed by atoms with E-state index in [-0.39, 0.29) is 18.4 Å². The minimum atomic E-state index is -0.141. The van der Waals surface area contributed by atoms with Gasteiger partial charge in [0.2, 0.25) is 5.91 Å². The molecule has 18 heavy (non-hydrogen) atoms. The maximum atomic E-state index is 12.3. The van der Waals surface area contributed by atoms with Crippen LogP contribution in [0.25, 0.3) is 0 Å². The highest BCUT2D eigenvalue weighted by molar-refractivity contribution is 5.96. The molecule has 0 unspecified atom stereocenters. The average molecular weight is 250 g/mol. The van der Waals surface area contributed by atoms with Crippen molar-refractivity contribution in [2.45, 2.75) is 6.42 Å². The van der Waals surface area contributed by atoms with Crippen LogP contribution in [-0.4, -0.2) is 52.9 Å². The zero-order valence-corrected chi connectivity index (χ0v) is 10.7. The van der Waals surface area contributed by atoms with Crippen molar-refractivity contribution in [2.75, 3.05) is 32.4 Å². The molecule has 0 saturated carbocycles. The zero-order valence-electron chi connectivity index (χ0n) is 10.7. The normalized spacial score (nSPS) is 16.9. The van der Waals surface area contributed by atoms with Gasteiger partial charge in [-0.05, 0) is 12.5 Å². The SMILES string of the molecule is CN1CCCN(C(=O)c2cc(N)cn2C)CC1=O. The highest BCUT2D eigenvalue weighted by Gasteiger charge is 2.25. The van der Waals surface area contributed by atoms with Crippen LogP contribution in [0.4, 0.5) is 5.69 Å². The standard InChI is InChI=1S/C12H18N4O2/c1-14-4-3-5-16(8-11(14)17)12(18)10-6-9(13)7-15(10)2/h6-7H,3-5,8,13H2,1-2H3. The van der Waals surface area contributed by atoms with Crippen LogP contribution in [0.2, 0.25) is 0 Å². The second-order valence-corrected chi connectivity index (χ2v) is 4.67. The molecule has 98 valence electrons. The molecule has 0 bridgehead atoms. The maximum Gasteiger partial charge on any atom is 0.271 e. The van der Waals surface area contributed by atoms with Gasteiger partial charge in [-0.1, -0.05) is 0 Å². The maximum absolute atomic E-state index is 12.3. The molecular weight excluding hydrogens is 232 g/mol. The van der Waals surface area contributed by atoms with E-state index < -0.39 is 0 Å². The second kappa shape index (κ2) is 4.72. The van der Waals surface area contributed by atoms with Crippen LogP contribution in [0, 0.1) is 0 Å². The summed E-state index contributed by atoms with van der Waals surface area (Å²) in [6.45, 7) is 1.43. The summed E-state index contributed by atoms with van der Waals surface area (Å²) in [5, 5.41) is 0. The number of carbonyl (C=O) groups excluding carboxylic acids is 2. The molecule has 1 aromatic heterocycles. The topological polar surface area (TPSA) is 71.6 Å². The van der Waals surface area contributed by atoms with Crippen molar-refractivity contribution in [1.82, 2.24) is 14.4 Å². The van der Waals surface area contributed by atoms with Gasteiger partial charge in [0, 0.05) is 33.4 Å². The fraction of sp³-hybridized carbons (Fsp3) is 0.500. The fourth-order valence-electron chi connectivity index (χ4n) is 2.12. The number of anilines is 1. The van der Waals surface area contributed by atoms with Crippen LogP contribution in [0.15, 0.2) is 12.3 Å². The van der Waals surface area contributed by atoms with E-state index in [0.717, 1.165) is 6.42 Å². The van der Waals surface area contributed by atoms with Gasteiger partial charge in [-0.25, -0.2) is 0 Å². The van der Waals surface area contributed by atoms with Crippen LogP contribution in [0.1, 0.15) is 16.9 Å². The van der Waals surface area contributed by atoms with Crippen molar-refractivity contribution in [2.24, 2.45) is 7.05 Å². The predicted molar refractivity (Wildman–Crippen MR) is 68.0 cm³/mol. The molecule has 2 heterocycles. The summed E-state index contributed by atoms with van der Waals surface area (Å²) in [6.07, 6.45) is 2.49. The summed E-state index contributed by atoms with van der Waals surface area (Å²) in [5.74, 6) is -0.166. The highest BCUT2D eigenvalue weighted by atomic mass is 16.2. The number of nitrogen functional groups attached to an aromatic ring is 1. The number of aryl methyl sites for hydroxylation is 1. The molecule has 0 aromatic carbocycles. The molecule has 1 saturated heterocycles. The quantitative estimate of drug-likeness (QED) is 0.757. The molecular formula is C12H18N4O2. The molecule has 2 amide bonds. The van der Waals surface area contributed by atoms with Crippen molar-refractivity contribution in [3.05, 3.63) is 18.0 Å². The third kappa shape index (κ3) is 2.32. The van der Waals surface area contributed by atoms with E-state index in [9.17, 15) is 9.59 Å². The smallest absolute Gasteiger partial charge is 0.271 e. The predicted octanol–water partition coefficient (Wildman–Crippen LogP) is -0.0884. The Morgan fingerprint density at radius 3 is 2.67 bits per heavy atom. The molecule has 6 nitrogen and oxygen atoms in total. The molecule has 0 spiro atoms. The van der Waals surface area contributed by atoms with Gasteiger partial charge in [0.15, 0.2) is 0 Å². The largest absolute Gasteiger partial charge is 0.397 e. The molecule has 0 radical (unpaired) electrons. The van der Waals surface area contributed by atoms with E-state index >= 15 is 0 Å². The van der Waals surface area contributed by atoms with Crippen LogP contribution in [-0.2, 0) is 11.8 Å². The summed E-state index contributed by atoms with van der Waals surface area (Å²) in [7, 11) is 3.53. The minimum absolute atomic E-state index is 0.0250. The Bertz CT molecular complexity index is 480. The van der Waals surface area contributed by atoms with Crippen molar-refractivity contribution in [3.8, 4) is 0 Å². The second-order valence-electron chi connectivity index (χ2n) is 4.67. The number of likely N-dealkylation sites (N-methyl/N-ethyl adjacent to an activating group) is 1. The van der Waals surface area contributed by atoms with E-state index in [2.05, 4.69) is 0 Å². The summed E-state index contributed by atoms with van der Waals surface area (Å²) in [4.78, 5) is 27.3. The van der Waals surface area contributed by atoms with E-state index in [1.54, 1.807) is 40.7 Å². The van der Waals surface area contributed by atoms with Crippen LogP contribution >= 0.6 is 0 Å². The summed E-state index contributed by atoms with van der Waals surface area (Å²) >= 11 is 0. The average Bonchev–Trinajstić information content (AvgIpc) is 2.55. The number of hydrogen-bond donors (Lipinski definition) is 1. The van der Waals surface area contributed by atoms with Gasteiger partial charge in [0.25, 0.3) is 5.91 Å². The number of carbonyl (C=O) groups is 2. The molecule has 1 aromatic rings. The summed E-state index contributed by atoms with van der Waals surface area (Å²) in [6, 6.07) is 1.64. The number of nitrogens with zero attached hydrogens (tertiary/aromatic N) is 3. The third-order valence-corrected chi connectivity index (χ3v) is 3.21. The first-order valence-corrected chi connectivity index (χ1v) is 5.94. The lowest BCUT2D eigenvalue weighted by molar-refractivity contribution is -0.129. The first kappa shape index (κ1) is 12.5. The summed E-state index contributed by atoms with van der Waals surface area (Å²) in [5.41, 5.74) is 6.73. The van der Waals surface area contributed by atoms with Crippen LogP contribution < -0.4 is 5.73 Å². The van der Waals surface area contributed by atoms with Crippen molar-refractivity contribution in [1.29, 1.82) is 0 Å². The molecule has 6 heteroatoms. The van der Waals surface area contributed by atoms with E-state index in [4.69, 9.17) is 5.73 Å². The Morgan fingerprint density at radius 1 is 1.33 bits per heavy atom. The monoisotopic (exact) mass is 250 g/mol. The van der Waals surface area contributed by atoms with Gasteiger partial charge < -0.3 is 20.1 Å². The first-order chi connectivity index (χ1) is 8.49. The Balaban J connectivity index is 2.18. The highest BCUT2D eigenvalue weighted by Crippen LogP contribution is 2.13. The van der Waals surface area contributed by atoms with Gasteiger partial charge >= 0.3 is 0 Å². The molecule has 2 N–H and O–H groups in total. The summed E-state index contributed by atoms with van der Waals surface area (Å²) < 4.78 is 1.69. The van der Waals surface area contributed by atoms with Gasteiger partial charge in [-0.3, -0.25) is 9.59 Å². The van der Waals surface area contributed by atoms with Crippen LogP contribution in [0.5, 0.6) is 0 Å². The number of hydrogen-bond acceptors (Lipinski definition) is 3. The lowest BCUT2D eigenvalue weighted by Crippen LogP contribution is -2.38. The molecule has 1 aliphatic rings. The lowest BCUT2D eigenvalue weighted by atomic mass is 10.3. The van der Waals surface area contributed by atoms with Gasteiger partial charge in [-0.15, -0.1) is 0 Å². The van der Waals surface area contributed by atoms with E-state index in [1.807, 2.05) is 0 Å². The molecule has 0 atom stereocenters. The Morgan fingerprint density at radius 2 is 2.06 bits per heavy atom. The minimum Gasteiger partial charge on any atom is -0.397 e. The van der Waals surface area contributed by atoms with Gasteiger partial charge in [0.1, 0.15) is 12.2 Å². The van der Waals surface area contributed by atoms with E-state index in [1.165, 1.54) is 0 Å². The Labute approximate surface area is 106 Å². The third-order valence-electron chi connectivity index (χ3n) is 3.21. The number of nitrogens with two attached hydrogens (primary N) is 1. The van der Waals surface area contributed by atoms with Crippen molar-refractivity contribution >= 4 is 17.5 Å². The Hall–Kier alpha value is -1.98. The number of amides is 2. The van der Waals surface area contributed by atoms with Gasteiger partial charge in [-0.2, -0.15) is 0 Å². The number of rotatable bonds is 1. The molecule has 2 rings (SSSR count). The van der Waals surface area contributed by atoms with Crippen LogP contribution in [0.3, 0.4) is 0 Å². The van der Waals surface area contributed by atoms with Gasteiger partial charge in [0.05, 0.1) is 5.69 Å². The zero-order chi connectivity index (χ0) is 13.3. The molecule has 0 aliphatic carbocycles. The molecule has 1 fully saturated rings. The van der Waals surface area contributed by atoms with Crippen molar-refractivity contribution < 1.29 is 9.59 Å². The Kier molecular flexibility index (Phi) is 3.27. The lowest BCUT2D eigenvalue weighted by Gasteiger charge is -2.19.